The Bertz CT molecular complexity index is 854. The molecule has 0 unspecified atom stereocenters. The average molecular weight is 432 g/mol. The highest BCUT2D eigenvalue weighted by Crippen LogP contribution is 2.39. The molecule has 0 aliphatic heterocycles. The van der Waals surface area contributed by atoms with Gasteiger partial charge in [0, 0.05) is 18.7 Å². The van der Waals surface area contributed by atoms with Crippen molar-refractivity contribution in [1.29, 1.82) is 0 Å². The lowest BCUT2D eigenvalue weighted by Crippen LogP contribution is -2.41. The van der Waals surface area contributed by atoms with Gasteiger partial charge in [0.1, 0.15) is 11.4 Å². The van der Waals surface area contributed by atoms with Crippen molar-refractivity contribution in [3.8, 4) is 0 Å². The third-order valence-corrected chi connectivity index (χ3v) is 4.69. The van der Waals surface area contributed by atoms with Crippen molar-refractivity contribution in [2.24, 2.45) is 0 Å². The number of benzene rings is 1. The number of aliphatic hydroxyl groups is 1. The van der Waals surface area contributed by atoms with Gasteiger partial charge in [-0.1, -0.05) is 6.92 Å². The van der Waals surface area contributed by atoms with Gasteiger partial charge >= 0.3 is 5.97 Å². The number of hydrogen-bond acceptors (Lipinski definition) is 6. The van der Waals surface area contributed by atoms with Crippen LogP contribution in [0.3, 0.4) is 0 Å². The van der Waals surface area contributed by atoms with Gasteiger partial charge < -0.3 is 20.5 Å². The van der Waals surface area contributed by atoms with Crippen molar-refractivity contribution >= 4 is 11.8 Å². The molecule has 166 valence electrons. The fraction of sp³-hybridized carbons (Fsp3) is 0.500. The second-order valence-electron chi connectivity index (χ2n) is 6.95. The second kappa shape index (κ2) is 9.92. The molecule has 1 aromatic rings. The number of ketones is 1. The number of hydrogen-bond donors (Lipinski definition) is 3. The first-order chi connectivity index (χ1) is 14.2. The van der Waals surface area contributed by atoms with Crippen LogP contribution in [0.2, 0.25) is 0 Å². The lowest BCUT2D eigenvalue weighted by molar-refractivity contribution is -0.138. The quantitative estimate of drug-likeness (QED) is 0.0729. The van der Waals surface area contributed by atoms with Gasteiger partial charge in [0.25, 0.3) is 0 Å². The highest BCUT2D eigenvalue weighted by molar-refractivity contribution is 6.24. The van der Waals surface area contributed by atoms with Crippen LogP contribution in [0, 0.1) is 23.3 Å². The highest BCUT2D eigenvalue weighted by atomic mass is 19.2. The molecular weight excluding hydrogens is 408 g/mol. The topological polar surface area (TPSA) is 87.7 Å². The van der Waals surface area contributed by atoms with Gasteiger partial charge in [-0.2, -0.15) is 0 Å². The molecule has 0 amide bonds. The molecule has 10 heteroatoms. The first-order valence-corrected chi connectivity index (χ1v) is 9.63. The van der Waals surface area contributed by atoms with Gasteiger partial charge in [0.15, 0.2) is 23.3 Å². The smallest absolute Gasteiger partial charge is 0.345 e. The summed E-state index contributed by atoms with van der Waals surface area (Å²) in [5.41, 5.74) is -2.42. The van der Waals surface area contributed by atoms with Crippen molar-refractivity contribution in [2.75, 3.05) is 19.8 Å². The number of esters is 1. The van der Waals surface area contributed by atoms with E-state index >= 15 is 0 Å². The van der Waals surface area contributed by atoms with Crippen molar-refractivity contribution in [3.63, 3.8) is 0 Å². The van der Waals surface area contributed by atoms with Gasteiger partial charge in [-0.15, -0.1) is 0 Å². The van der Waals surface area contributed by atoms with E-state index in [4.69, 9.17) is 4.74 Å². The summed E-state index contributed by atoms with van der Waals surface area (Å²) in [7, 11) is 0. The maximum Gasteiger partial charge on any atom is 0.345 e. The minimum absolute atomic E-state index is 0.101. The summed E-state index contributed by atoms with van der Waals surface area (Å²) in [5.74, 6) is -10.5. The van der Waals surface area contributed by atoms with Crippen molar-refractivity contribution in [1.82, 2.24) is 10.6 Å². The largest absolute Gasteiger partial charge is 0.462 e. The lowest BCUT2D eigenvalue weighted by Gasteiger charge is -2.23. The number of Topliss-reactive ketones (excluding diaryl/α,β-unsaturated/α-hetero) is 1. The molecule has 30 heavy (non-hydrogen) atoms. The summed E-state index contributed by atoms with van der Waals surface area (Å²) in [4.78, 5) is 25.5. The minimum Gasteiger partial charge on any atom is -0.462 e. The number of nitrogens with one attached hydrogen (secondary N) is 2. The number of halogens is 4. The SMILES string of the molecule is CCCNC(NC1(CCO)CC1)=C(C(=O)OCC)C(=O)c1cc(F)c(F)c(F)c1F. The monoisotopic (exact) mass is 432 g/mol. The second-order valence-corrected chi connectivity index (χ2v) is 6.95. The van der Waals surface area contributed by atoms with Crippen LogP contribution in [-0.4, -0.2) is 42.2 Å². The normalized spacial score (nSPS) is 15.3. The van der Waals surface area contributed by atoms with Gasteiger partial charge in [-0.25, -0.2) is 22.4 Å². The maximum atomic E-state index is 14.2. The van der Waals surface area contributed by atoms with E-state index in [1.54, 1.807) is 0 Å². The highest BCUT2D eigenvalue weighted by Gasteiger charge is 2.44. The zero-order valence-corrected chi connectivity index (χ0v) is 16.7. The van der Waals surface area contributed by atoms with E-state index in [0.717, 1.165) is 0 Å². The predicted octanol–water partition coefficient (Wildman–Crippen LogP) is 2.70. The fourth-order valence-corrected chi connectivity index (χ4v) is 2.90. The standard InChI is InChI=1S/C20H24F4N2O4/c1-3-8-25-18(26-20(5-6-20)7-9-27)13(19(29)30-4-2)17(28)11-10-12(21)15(23)16(24)14(11)22/h10,25-27H,3-9H2,1-2H3. The summed E-state index contributed by atoms with van der Waals surface area (Å²) in [6.07, 6.45) is 2.20. The summed E-state index contributed by atoms with van der Waals surface area (Å²) >= 11 is 0. The fourth-order valence-electron chi connectivity index (χ4n) is 2.90. The number of rotatable bonds is 11. The molecule has 0 aromatic heterocycles. The molecule has 0 atom stereocenters. The van der Waals surface area contributed by atoms with Gasteiger partial charge in [0.05, 0.1) is 12.2 Å². The zero-order chi connectivity index (χ0) is 22.5. The molecule has 1 aliphatic rings. The Hall–Kier alpha value is -2.62. The Morgan fingerprint density at radius 2 is 1.80 bits per heavy atom. The van der Waals surface area contributed by atoms with Crippen molar-refractivity contribution in [2.45, 2.75) is 45.1 Å². The van der Waals surface area contributed by atoms with E-state index in [1.165, 1.54) is 6.92 Å². The Labute approximate surface area is 171 Å². The summed E-state index contributed by atoms with van der Waals surface area (Å²) in [5, 5.41) is 15.1. The molecule has 1 fully saturated rings. The first kappa shape index (κ1) is 23.7. The van der Waals surface area contributed by atoms with E-state index in [1.807, 2.05) is 6.92 Å². The van der Waals surface area contributed by atoms with Gasteiger partial charge in [-0.3, -0.25) is 4.79 Å². The van der Waals surface area contributed by atoms with E-state index in [2.05, 4.69) is 10.6 Å². The van der Waals surface area contributed by atoms with Crippen LogP contribution in [0.1, 0.15) is 49.9 Å². The third-order valence-electron chi connectivity index (χ3n) is 4.69. The van der Waals surface area contributed by atoms with E-state index in [-0.39, 0.29) is 25.1 Å². The Morgan fingerprint density at radius 1 is 1.13 bits per heavy atom. The van der Waals surface area contributed by atoms with Crippen LogP contribution in [0.25, 0.3) is 0 Å². The van der Waals surface area contributed by atoms with Crippen LogP contribution in [0.15, 0.2) is 17.5 Å². The molecule has 1 saturated carbocycles. The molecule has 0 heterocycles. The summed E-state index contributed by atoms with van der Waals surface area (Å²) < 4.78 is 59.8. The number of ether oxygens (including phenoxy) is 1. The molecule has 1 aliphatic carbocycles. The van der Waals surface area contributed by atoms with Crippen LogP contribution >= 0.6 is 0 Å². The van der Waals surface area contributed by atoms with Gasteiger partial charge in [-0.05, 0) is 38.7 Å². The number of carbonyl (C=O) groups is 2. The van der Waals surface area contributed by atoms with Gasteiger partial charge in [0.2, 0.25) is 5.78 Å². The molecule has 1 aromatic carbocycles. The van der Waals surface area contributed by atoms with E-state index in [9.17, 15) is 32.3 Å². The first-order valence-electron chi connectivity index (χ1n) is 9.63. The Balaban J connectivity index is 2.61. The van der Waals surface area contributed by atoms with E-state index < -0.39 is 51.7 Å². The molecule has 0 bridgehead atoms. The lowest BCUT2D eigenvalue weighted by atomic mass is 10.0. The molecular formula is C20H24F4N2O4. The average Bonchev–Trinajstić information content (AvgIpc) is 3.46. The maximum absolute atomic E-state index is 14.2. The number of aliphatic hydroxyl groups excluding tert-OH is 1. The molecule has 3 N–H and O–H groups in total. The van der Waals surface area contributed by atoms with Crippen LogP contribution in [0.5, 0.6) is 0 Å². The van der Waals surface area contributed by atoms with Crippen LogP contribution in [-0.2, 0) is 9.53 Å². The van der Waals surface area contributed by atoms with Crippen molar-refractivity contribution < 1.29 is 37.0 Å². The summed E-state index contributed by atoms with van der Waals surface area (Å²) in [6, 6.07) is 0.202. The molecule has 0 radical (unpaired) electrons. The van der Waals surface area contributed by atoms with Crippen LogP contribution < -0.4 is 10.6 Å². The molecule has 2 rings (SSSR count). The molecule has 0 spiro atoms. The number of carbonyl (C=O) groups excluding carboxylic acids is 2. The minimum atomic E-state index is -2.16. The predicted molar refractivity (Wildman–Crippen MR) is 99.4 cm³/mol. The summed E-state index contributed by atoms with van der Waals surface area (Å²) in [6.45, 7) is 3.34. The zero-order valence-electron chi connectivity index (χ0n) is 16.7. The molecule has 6 nitrogen and oxygen atoms in total. The Morgan fingerprint density at radius 3 is 2.33 bits per heavy atom. The van der Waals surface area contributed by atoms with Crippen molar-refractivity contribution in [3.05, 3.63) is 46.3 Å². The molecule has 0 saturated heterocycles. The third kappa shape index (κ3) is 5.10. The Kier molecular flexibility index (Phi) is 7.83. The van der Waals surface area contributed by atoms with E-state index in [0.29, 0.717) is 32.2 Å². The van der Waals surface area contributed by atoms with Crippen LogP contribution in [0.4, 0.5) is 17.6 Å².